The summed E-state index contributed by atoms with van der Waals surface area (Å²) in [6.07, 6.45) is 3.32. The molecule has 1 amide bonds. The summed E-state index contributed by atoms with van der Waals surface area (Å²) in [6.45, 7) is 5.24. The molecule has 0 unspecified atom stereocenters. The number of ketones is 1. The number of pyridine rings is 1. The van der Waals surface area contributed by atoms with Crippen molar-refractivity contribution in [3.05, 3.63) is 94.8 Å². The van der Waals surface area contributed by atoms with E-state index in [4.69, 9.17) is 9.47 Å². The average Bonchev–Trinajstić information content (AvgIpc) is 3.13. The molecule has 3 heterocycles. The molecule has 0 radical (unpaired) electrons. The number of fused-ring (bicyclic) bond motifs is 1. The monoisotopic (exact) mass is 470 g/mol. The van der Waals surface area contributed by atoms with E-state index in [1.165, 1.54) is 4.90 Å². The van der Waals surface area contributed by atoms with E-state index in [0.717, 1.165) is 16.7 Å². The molecule has 1 atom stereocenters. The van der Waals surface area contributed by atoms with Gasteiger partial charge in [0.15, 0.2) is 11.5 Å². The Morgan fingerprint density at radius 1 is 1.06 bits per heavy atom. The summed E-state index contributed by atoms with van der Waals surface area (Å²) >= 11 is 0. The zero-order valence-corrected chi connectivity index (χ0v) is 19.6. The first-order valence-electron chi connectivity index (χ1n) is 11.6. The van der Waals surface area contributed by atoms with Gasteiger partial charge in [-0.25, -0.2) is 0 Å². The second-order valence-electron chi connectivity index (χ2n) is 8.97. The molecule has 1 saturated heterocycles. The number of carbonyl (C=O) groups excluding carboxylic acids is 2. The molecule has 0 spiro atoms. The largest absolute Gasteiger partial charge is 0.507 e. The molecule has 178 valence electrons. The van der Waals surface area contributed by atoms with E-state index in [1.807, 2.05) is 30.3 Å². The number of aliphatic hydroxyl groups excluding tert-OH is 1. The number of hydrogen-bond acceptors (Lipinski definition) is 6. The number of aromatic nitrogens is 1. The predicted octanol–water partition coefficient (Wildman–Crippen LogP) is 4.60. The van der Waals surface area contributed by atoms with Gasteiger partial charge in [-0.05, 0) is 46.9 Å². The van der Waals surface area contributed by atoms with Gasteiger partial charge in [-0.1, -0.05) is 44.2 Å². The lowest BCUT2D eigenvalue weighted by Crippen LogP contribution is -2.29. The van der Waals surface area contributed by atoms with Crippen LogP contribution in [0.5, 0.6) is 11.5 Å². The maximum atomic E-state index is 13.3. The number of aliphatic hydroxyl groups is 1. The van der Waals surface area contributed by atoms with Crippen LogP contribution in [0, 0.1) is 0 Å². The molecule has 35 heavy (non-hydrogen) atoms. The summed E-state index contributed by atoms with van der Waals surface area (Å²) in [5, 5.41) is 11.3. The van der Waals surface area contributed by atoms with Crippen molar-refractivity contribution in [1.82, 2.24) is 9.88 Å². The smallest absolute Gasteiger partial charge is 0.295 e. The highest BCUT2D eigenvalue weighted by Gasteiger charge is 2.46. The molecule has 0 aliphatic carbocycles. The molecule has 7 heteroatoms. The van der Waals surface area contributed by atoms with Gasteiger partial charge in [-0.2, -0.15) is 0 Å². The summed E-state index contributed by atoms with van der Waals surface area (Å²) in [6, 6.07) is 15.7. The van der Waals surface area contributed by atoms with Crippen molar-refractivity contribution in [2.75, 3.05) is 13.2 Å². The number of carbonyl (C=O) groups is 2. The molecular formula is C28H26N2O5. The highest BCUT2D eigenvalue weighted by molar-refractivity contribution is 6.46. The molecule has 1 N–H and O–H groups in total. The van der Waals surface area contributed by atoms with Crippen LogP contribution in [0.2, 0.25) is 0 Å². The zero-order chi connectivity index (χ0) is 24.5. The van der Waals surface area contributed by atoms with E-state index in [-0.39, 0.29) is 17.9 Å². The molecule has 1 aromatic heterocycles. The lowest BCUT2D eigenvalue weighted by Gasteiger charge is -2.26. The van der Waals surface area contributed by atoms with E-state index in [0.29, 0.717) is 36.2 Å². The third-order valence-electron chi connectivity index (χ3n) is 6.35. The summed E-state index contributed by atoms with van der Waals surface area (Å²) in [4.78, 5) is 32.1. The van der Waals surface area contributed by atoms with Crippen LogP contribution in [0.1, 0.15) is 48.1 Å². The van der Waals surface area contributed by atoms with Crippen molar-refractivity contribution in [1.29, 1.82) is 0 Å². The van der Waals surface area contributed by atoms with Crippen molar-refractivity contribution in [2.24, 2.45) is 0 Å². The minimum absolute atomic E-state index is 0.0489. The minimum Gasteiger partial charge on any atom is -0.507 e. The van der Waals surface area contributed by atoms with Gasteiger partial charge >= 0.3 is 0 Å². The second-order valence-corrected chi connectivity index (χ2v) is 8.97. The Kier molecular flexibility index (Phi) is 5.99. The van der Waals surface area contributed by atoms with Crippen LogP contribution in [-0.2, 0) is 16.1 Å². The van der Waals surface area contributed by atoms with Crippen LogP contribution in [0.4, 0.5) is 0 Å². The highest BCUT2D eigenvalue weighted by Crippen LogP contribution is 2.42. The van der Waals surface area contributed by atoms with Crippen LogP contribution < -0.4 is 9.47 Å². The van der Waals surface area contributed by atoms with Gasteiger partial charge in [0.25, 0.3) is 11.7 Å². The first-order chi connectivity index (χ1) is 16.9. The van der Waals surface area contributed by atoms with Gasteiger partial charge in [0.2, 0.25) is 0 Å². The van der Waals surface area contributed by atoms with E-state index < -0.39 is 17.7 Å². The number of hydrogen-bond donors (Lipinski definition) is 1. The number of rotatable bonds is 5. The van der Waals surface area contributed by atoms with Crippen LogP contribution in [0.25, 0.3) is 5.76 Å². The normalized spacial score (nSPS) is 18.8. The predicted molar refractivity (Wildman–Crippen MR) is 130 cm³/mol. The Hall–Kier alpha value is -4.13. The summed E-state index contributed by atoms with van der Waals surface area (Å²) in [5.74, 6) is -0.228. The van der Waals surface area contributed by atoms with E-state index in [9.17, 15) is 14.7 Å². The summed E-state index contributed by atoms with van der Waals surface area (Å²) in [5.41, 5.74) is 3.11. The van der Waals surface area contributed by atoms with Gasteiger partial charge in [-0.15, -0.1) is 0 Å². The van der Waals surface area contributed by atoms with E-state index in [1.54, 1.807) is 36.7 Å². The molecule has 7 nitrogen and oxygen atoms in total. The Labute approximate surface area is 203 Å². The Bertz CT molecular complexity index is 1300. The van der Waals surface area contributed by atoms with Crippen LogP contribution >= 0.6 is 0 Å². The van der Waals surface area contributed by atoms with Crippen LogP contribution in [-0.4, -0.2) is 39.9 Å². The summed E-state index contributed by atoms with van der Waals surface area (Å²) in [7, 11) is 0. The molecule has 3 aromatic rings. The fourth-order valence-electron chi connectivity index (χ4n) is 4.49. The van der Waals surface area contributed by atoms with Gasteiger partial charge in [-0.3, -0.25) is 14.6 Å². The maximum absolute atomic E-state index is 13.3. The third kappa shape index (κ3) is 4.25. The Morgan fingerprint density at radius 2 is 1.80 bits per heavy atom. The Balaban J connectivity index is 1.62. The van der Waals surface area contributed by atoms with Crippen molar-refractivity contribution in [3.8, 4) is 11.5 Å². The Morgan fingerprint density at radius 3 is 2.49 bits per heavy atom. The highest BCUT2D eigenvalue weighted by atomic mass is 16.6. The average molecular weight is 471 g/mol. The summed E-state index contributed by atoms with van der Waals surface area (Å²) < 4.78 is 11.2. The third-order valence-corrected chi connectivity index (χ3v) is 6.35. The van der Waals surface area contributed by atoms with Crippen LogP contribution in [0.3, 0.4) is 0 Å². The van der Waals surface area contributed by atoms with E-state index >= 15 is 0 Å². The molecule has 0 saturated carbocycles. The van der Waals surface area contributed by atoms with Crippen molar-refractivity contribution in [3.63, 3.8) is 0 Å². The van der Waals surface area contributed by atoms with E-state index in [2.05, 4.69) is 18.8 Å². The van der Waals surface area contributed by atoms with Crippen LogP contribution in [0.15, 0.2) is 72.6 Å². The zero-order valence-electron chi connectivity index (χ0n) is 19.6. The lowest BCUT2D eigenvalue weighted by atomic mass is 9.93. The molecule has 5 rings (SSSR count). The quantitative estimate of drug-likeness (QED) is 0.333. The van der Waals surface area contributed by atoms with Crippen molar-refractivity contribution < 1.29 is 24.2 Å². The lowest BCUT2D eigenvalue weighted by molar-refractivity contribution is -0.140. The topological polar surface area (TPSA) is 89.0 Å². The molecule has 0 bridgehead atoms. The second kappa shape index (κ2) is 9.25. The van der Waals surface area contributed by atoms with Gasteiger partial charge in [0.05, 0.1) is 11.6 Å². The van der Waals surface area contributed by atoms with Crippen molar-refractivity contribution >= 4 is 17.4 Å². The number of ether oxygens (including phenoxy) is 2. The number of nitrogens with zero attached hydrogens (tertiary/aromatic N) is 2. The van der Waals surface area contributed by atoms with Gasteiger partial charge < -0.3 is 19.5 Å². The van der Waals surface area contributed by atoms with Crippen molar-refractivity contribution in [2.45, 2.75) is 32.4 Å². The SMILES string of the molecule is CC(C)c1ccc([C@@H]2C(=C(O)c3ccc4c(c3)OCCO4)C(=O)C(=O)N2Cc2cccnc2)cc1. The standard InChI is InChI=1S/C28H26N2O5/c1-17(2)19-5-7-20(8-6-19)25-24(26(31)21-9-10-22-23(14-21)35-13-12-34-22)27(32)28(33)30(25)16-18-4-3-11-29-15-18/h3-11,14-15,17,25,31H,12-13,16H2,1-2H3/t25-/m1/s1. The molecule has 2 aromatic carbocycles. The number of likely N-dealkylation sites (tertiary alicyclic amines) is 1. The first kappa shape index (κ1) is 22.7. The van der Waals surface area contributed by atoms with Gasteiger partial charge in [0.1, 0.15) is 19.0 Å². The number of amides is 1. The molecular weight excluding hydrogens is 444 g/mol. The number of benzene rings is 2. The first-order valence-corrected chi connectivity index (χ1v) is 11.6. The fraction of sp³-hybridized carbons (Fsp3) is 0.250. The number of Topliss-reactive ketones (excluding diaryl/α,β-unsaturated/α-hetero) is 1. The maximum Gasteiger partial charge on any atom is 0.295 e. The fourth-order valence-corrected chi connectivity index (χ4v) is 4.49. The molecule has 2 aliphatic heterocycles. The molecule has 1 fully saturated rings. The van der Waals surface area contributed by atoms with Gasteiger partial charge in [0, 0.05) is 24.5 Å². The minimum atomic E-state index is -0.746. The molecule has 2 aliphatic rings.